The lowest BCUT2D eigenvalue weighted by atomic mass is 9.96. The van der Waals surface area contributed by atoms with Crippen molar-refractivity contribution in [2.45, 2.75) is 221 Å². The van der Waals surface area contributed by atoms with Gasteiger partial charge in [0, 0.05) is 6.42 Å². The predicted octanol–water partition coefficient (Wildman–Crippen LogP) is -1.42. The maximum atomic E-state index is 13.0. The summed E-state index contributed by atoms with van der Waals surface area (Å²) in [6.07, 6.45) is -11.1. The largest absolute Gasteiger partial charge is 0.394 e. The maximum Gasteiger partial charge on any atom is 0.220 e. The van der Waals surface area contributed by atoms with Crippen molar-refractivity contribution in [3.8, 4) is 0 Å². The van der Waals surface area contributed by atoms with Gasteiger partial charge in [-0.15, -0.1) is 0 Å². The summed E-state index contributed by atoms with van der Waals surface area (Å²) in [5.41, 5.74) is 0. The molecule has 17 unspecified atom stereocenters. The summed E-state index contributed by atoms with van der Waals surface area (Å²) in [5, 5.41) is 119. The van der Waals surface area contributed by atoms with Crippen LogP contribution in [0.4, 0.5) is 0 Å². The fraction of sp³-hybridized carbons (Fsp3) is 0.975. The number of hydrogen-bond acceptors (Lipinski definition) is 18. The lowest BCUT2D eigenvalue weighted by Gasteiger charge is -2.48. The fourth-order valence-electron chi connectivity index (χ4n) is 7.66. The molecule has 0 aromatic carbocycles. The van der Waals surface area contributed by atoms with Crippen molar-refractivity contribution in [1.29, 1.82) is 0 Å². The Morgan fingerprint density at radius 3 is 1.47 bits per heavy atom. The van der Waals surface area contributed by atoms with Crippen molar-refractivity contribution < 1.29 is 89.4 Å². The SMILES string of the molecule is CCCCCCCCCCCC(=O)NC(COC1OC(CO)C(OC2OC(CO)C(OC3OC(CO)C(O)C(O)C3O)C(O)C2O)C(O)C1O)C(O)CCCCCCC. The molecule has 0 spiro atoms. The number of nitrogens with one attached hydrogen (secondary N) is 1. The number of aliphatic hydroxyl groups excluding tert-OH is 11. The average molecular weight is 858 g/mol. The first kappa shape index (κ1) is 52.1. The molecule has 3 heterocycles. The zero-order chi connectivity index (χ0) is 43.5. The van der Waals surface area contributed by atoms with E-state index in [-0.39, 0.29) is 18.9 Å². The highest BCUT2D eigenvalue weighted by Gasteiger charge is 2.53. The Balaban J connectivity index is 1.59. The Morgan fingerprint density at radius 2 is 0.966 bits per heavy atom. The van der Waals surface area contributed by atoms with Crippen LogP contribution < -0.4 is 5.32 Å². The quantitative estimate of drug-likeness (QED) is 0.0402. The zero-order valence-corrected chi connectivity index (χ0v) is 34.7. The number of hydrogen-bond donors (Lipinski definition) is 12. The van der Waals surface area contributed by atoms with Crippen LogP contribution >= 0.6 is 0 Å². The van der Waals surface area contributed by atoms with Crippen molar-refractivity contribution >= 4 is 5.91 Å². The Bertz CT molecular complexity index is 1120. The Kier molecular flexibility index (Phi) is 24.5. The van der Waals surface area contributed by atoms with Crippen molar-refractivity contribution in [3.63, 3.8) is 0 Å². The third-order valence-electron chi connectivity index (χ3n) is 11.4. The number of carbonyl (C=O) groups is 1. The third kappa shape index (κ3) is 15.8. The van der Waals surface area contributed by atoms with Gasteiger partial charge in [0.1, 0.15) is 73.2 Å². The molecule has 17 atom stereocenters. The molecule has 348 valence electrons. The van der Waals surface area contributed by atoms with Crippen LogP contribution in [0.15, 0.2) is 0 Å². The van der Waals surface area contributed by atoms with Crippen LogP contribution in [0.5, 0.6) is 0 Å². The second-order valence-corrected chi connectivity index (χ2v) is 16.2. The van der Waals surface area contributed by atoms with E-state index >= 15 is 0 Å². The second-order valence-electron chi connectivity index (χ2n) is 16.2. The van der Waals surface area contributed by atoms with E-state index < -0.39 is 124 Å². The van der Waals surface area contributed by atoms with Crippen LogP contribution in [0.25, 0.3) is 0 Å². The molecule has 0 radical (unpaired) electrons. The van der Waals surface area contributed by atoms with E-state index in [1.807, 2.05) is 0 Å². The summed E-state index contributed by atoms with van der Waals surface area (Å²) in [5.74, 6) is -0.256. The molecule has 3 aliphatic rings. The number of aliphatic hydroxyl groups is 11. The van der Waals surface area contributed by atoms with E-state index in [1.54, 1.807) is 0 Å². The molecule has 59 heavy (non-hydrogen) atoms. The predicted molar refractivity (Wildman–Crippen MR) is 208 cm³/mol. The highest BCUT2D eigenvalue weighted by molar-refractivity contribution is 5.76. The van der Waals surface area contributed by atoms with E-state index in [0.717, 1.165) is 51.4 Å². The summed E-state index contributed by atoms with van der Waals surface area (Å²) in [6.45, 7) is 1.59. The molecular weight excluding hydrogens is 782 g/mol. The normalized spacial score (nSPS) is 36.3. The fourth-order valence-corrected chi connectivity index (χ4v) is 7.66. The number of amides is 1. The number of ether oxygens (including phenoxy) is 6. The van der Waals surface area contributed by atoms with E-state index in [2.05, 4.69) is 19.2 Å². The standard InChI is InChI=1S/C40H75NO18/c1-3-5-7-9-10-11-12-14-16-18-28(46)41-23(24(45)17-15-13-8-6-4-2)22-54-38-34(52)31(49)36(26(20-43)56-38)59-40-35(53)32(50)37(27(21-44)57-40)58-39-33(51)30(48)29(47)25(19-42)55-39/h23-27,29-40,42-45,47-53H,3-22H2,1-2H3,(H,41,46). The summed E-state index contributed by atoms with van der Waals surface area (Å²) in [7, 11) is 0. The average Bonchev–Trinajstić information content (AvgIpc) is 3.23. The van der Waals surface area contributed by atoms with Gasteiger partial charge in [-0.05, 0) is 12.8 Å². The van der Waals surface area contributed by atoms with Gasteiger partial charge >= 0.3 is 0 Å². The van der Waals surface area contributed by atoms with Crippen molar-refractivity contribution in [2.24, 2.45) is 0 Å². The molecule has 1 amide bonds. The van der Waals surface area contributed by atoms with Crippen molar-refractivity contribution in [3.05, 3.63) is 0 Å². The smallest absolute Gasteiger partial charge is 0.220 e. The minimum absolute atomic E-state index is 0.256. The van der Waals surface area contributed by atoms with Gasteiger partial charge in [0.15, 0.2) is 18.9 Å². The first-order valence-electron chi connectivity index (χ1n) is 21.8. The molecule has 0 saturated carbocycles. The Labute approximate surface area is 347 Å². The molecule has 19 nitrogen and oxygen atoms in total. The molecule has 0 aliphatic carbocycles. The minimum atomic E-state index is -1.96. The summed E-state index contributed by atoms with van der Waals surface area (Å²) < 4.78 is 33.9. The first-order chi connectivity index (χ1) is 28.3. The zero-order valence-electron chi connectivity index (χ0n) is 34.7. The monoisotopic (exact) mass is 857 g/mol. The van der Waals surface area contributed by atoms with E-state index in [9.17, 15) is 61.0 Å². The molecule has 3 fully saturated rings. The van der Waals surface area contributed by atoms with Gasteiger partial charge in [-0.25, -0.2) is 0 Å². The number of rotatable bonds is 28. The van der Waals surface area contributed by atoms with Gasteiger partial charge in [0.25, 0.3) is 0 Å². The van der Waals surface area contributed by atoms with Crippen LogP contribution in [0.3, 0.4) is 0 Å². The third-order valence-corrected chi connectivity index (χ3v) is 11.4. The molecule has 0 aromatic rings. The molecule has 3 aliphatic heterocycles. The Morgan fingerprint density at radius 1 is 0.542 bits per heavy atom. The summed E-state index contributed by atoms with van der Waals surface area (Å²) in [4.78, 5) is 13.0. The van der Waals surface area contributed by atoms with Gasteiger partial charge < -0.3 is 89.9 Å². The topological polar surface area (TPSA) is 307 Å². The van der Waals surface area contributed by atoms with Crippen LogP contribution in [0.1, 0.15) is 117 Å². The van der Waals surface area contributed by atoms with Crippen LogP contribution in [0, 0.1) is 0 Å². The van der Waals surface area contributed by atoms with Crippen LogP contribution in [0.2, 0.25) is 0 Å². The van der Waals surface area contributed by atoms with Crippen molar-refractivity contribution in [1.82, 2.24) is 5.32 Å². The molecule has 0 bridgehead atoms. The number of carbonyl (C=O) groups excluding carboxylic acids is 1. The molecule has 12 N–H and O–H groups in total. The van der Waals surface area contributed by atoms with E-state index in [4.69, 9.17) is 28.4 Å². The van der Waals surface area contributed by atoms with Gasteiger partial charge in [-0.2, -0.15) is 0 Å². The molecule has 19 heteroatoms. The highest BCUT2D eigenvalue weighted by Crippen LogP contribution is 2.33. The lowest BCUT2D eigenvalue weighted by Crippen LogP contribution is -2.66. The van der Waals surface area contributed by atoms with Gasteiger partial charge in [-0.3, -0.25) is 4.79 Å². The molecule has 0 aromatic heterocycles. The molecule has 3 saturated heterocycles. The van der Waals surface area contributed by atoms with Crippen LogP contribution in [-0.4, -0.2) is 193 Å². The second kappa shape index (κ2) is 27.8. The van der Waals surface area contributed by atoms with E-state index in [1.165, 1.54) is 32.1 Å². The van der Waals surface area contributed by atoms with E-state index in [0.29, 0.717) is 12.8 Å². The number of unbranched alkanes of at least 4 members (excludes halogenated alkanes) is 12. The summed E-state index contributed by atoms with van der Waals surface area (Å²) >= 11 is 0. The van der Waals surface area contributed by atoms with Crippen molar-refractivity contribution in [2.75, 3.05) is 26.4 Å². The van der Waals surface area contributed by atoms with Gasteiger partial charge in [0.05, 0.1) is 38.6 Å². The molecule has 3 rings (SSSR count). The van der Waals surface area contributed by atoms with Gasteiger partial charge in [0.2, 0.25) is 5.91 Å². The first-order valence-corrected chi connectivity index (χ1v) is 21.8. The van der Waals surface area contributed by atoms with Crippen LogP contribution in [-0.2, 0) is 33.2 Å². The highest BCUT2D eigenvalue weighted by atomic mass is 16.8. The molecular formula is C40H75NO18. The summed E-state index contributed by atoms with van der Waals surface area (Å²) in [6, 6.07) is -0.873. The maximum absolute atomic E-state index is 13.0. The Hall–Kier alpha value is -1.21. The van der Waals surface area contributed by atoms with Gasteiger partial charge in [-0.1, -0.05) is 97.3 Å². The lowest BCUT2D eigenvalue weighted by molar-refractivity contribution is -0.379. The minimum Gasteiger partial charge on any atom is -0.394 e.